The lowest BCUT2D eigenvalue weighted by molar-refractivity contribution is 0.315. The van der Waals surface area contributed by atoms with E-state index in [1.165, 1.54) is 0 Å². The van der Waals surface area contributed by atoms with Gasteiger partial charge >= 0.3 is 0 Å². The molecule has 2 heteroatoms. The molecule has 66 valence electrons. The van der Waals surface area contributed by atoms with E-state index in [4.69, 9.17) is 4.74 Å². The highest BCUT2D eigenvalue weighted by Crippen LogP contribution is 2.07. The summed E-state index contributed by atoms with van der Waals surface area (Å²) < 4.78 is 5.45. The summed E-state index contributed by atoms with van der Waals surface area (Å²) >= 11 is 0. The van der Waals surface area contributed by atoms with Gasteiger partial charge in [-0.15, -0.1) is 0 Å². The molecule has 2 nitrogen and oxygen atoms in total. The molecule has 12 heavy (non-hydrogen) atoms. The Balaban J connectivity index is 2.16. The van der Waals surface area contributed by atoms with Crippen molar-refractivity contribution in [3.8, 4) is 5.75 Å². The van der Waals surface area contributed by atoms with Crippen molar-refractivity contribution in [3.05, 3.63) is 30.3 Å². The molecule has 0 aromatic heterocycles. The van der Waals surface area contributed by atoms with Gasteiger partial charge in [0.05, 0.1) is 0 Å². The summed E-state index contributed by atoms with van der Waals surface area (Å²) in [5.74, 6) is 0.940. The normalized spacial score (nSPS) is 9.75. The summed E-state index contributed by atoms with van der Waals surface area (Å²) in [6.07, 6.45) is 0. The minimum Gasteiger partial charge on any atom is -0.492 e. The van der Waals surface area contributed by atoms with Crippen LogP contribution in [0, 0.1) is 0 Å². The Hall–Kier alpha value is -1.02. The van der Waals surface area contributed by atoms with Crippen molar-refractivity contribution in [1.29, 1.82) is 0 Å². The van der Waals surface area contributed by atoms with E-state index in [1.54, 1.807) is 0 Å². The van der Waals surface area contributed by atoms with Gasteiger partial charge in [-0.25, -0.2) is 0 Å². The van der Waals surface area contributed by atoms with Gasteiger partial charge in [0.25, 0.3) is 0 Å². The van der Waals surface area contributed by atoms with Crippen LogP contribution in [0.25, 0.3) is 0 Å². The number of likely N-dealkylation sites (N-methyl/N-ethyl adjacent to an activating group) is 1. The van der Waals surface area contributed by atoms with E-state index < -0.39 is 0 Å². The highest BCUT2D eigenvalue weighted by Gasteiger charge is 1.88. The number of benzene rings is 1. The average molecular weight is 165 g/mol. The number of hydrogen-bond donors (Lipinski definition) is 1. The maximum Gasteiger partial charge on any atom is 0.119 e. The molecule has 0 amide bonds. The van der Waals surface area contributed by atoms with Crippen LogP contribution in [0.4, 0.5) is 0 Å². The fourth-order valence-electron chi connectivity index (χ4n) is 0.935. The topological polar surface area (TPSA) is 21.3 Å². The molecular formula is C10H15NO. The van der Waals surface area contributed by atoms with Crippen LogP contribution in [-0.4, -0.2) is 19.7 Å². The number of rotatable bonds is 5. The Morgan fingerprint density at radius 2 is 2.00 bits per heavy atom. The lowest BCUT2D eigenvalue weighted by Crippen LogP contribution is -2.20. The number of ether oxygens (including phenoxy) is 1. The summed E-state index contributed by atoms with van der Waals surface area (Å²) in [6.45, 7) is 4.73. The van der Waals surface area contributed by atoms with Gasteiger partial charge in [0.2, 0.25) is 0 Å². The second kappa shape index (κ2) is 5.61. The molecule has 0 heterocycles. The second-order valence-electron chi connectivity index (χ2n) is 2.52. The van der Waals surface area contributed by atoms with Crippen LogP contribution >= 0.6 is 0 Å². The third kappa shape index (κ3) is 3.39. The summed E-state index contributed by atoms with van der Waals surface area (Å²) in [5, 5.41) is 3.19. The smallest absolute Gasteiger partial charge is 0.119 e. The van der Waals surface area contributed by atoms with Crippen LogP contribution in [0.5, 0.6) is 5.75 Å². The summed E-state index contributed by atoms with van der Waals surface area (Å²) in [4.78, 5) is 0. The predicted molar refractivity (Wildman–Crippen MR) is 50.5 cm³/mol. The van der Waals surface area contributed by atoms with Crippen LogP contribution in [0.3, 0.4) is 0 Å². The summed E-state index contributed by atoms with van der Waals surface area (Å²) in [6, 6.07) is 9.86. The van der Waals surface area contributed by atoms with Gasteiger partial charge in [0.1, 0.15) is 12.4 Å². The standard InChI is InChI=1S/C10H15NO/c1-2-11-8-9-12-10-6-4-3-5-7-10/h3-7,11H,2,8-9H2,1H3. The zero-order valence-corrected chi connectivity index (χ0v) is 7.42. The molecule has 0 aliphatic rings. The SMILES string of the molecule is CCNCCOc1ccccc1. The van der Waals surface area contributed by atoms with Gasteiger partial charge in [0.15, 0.2) is 0 Å². The number of hydrogen-bond acceptors (Lipinski definition) is 2. The second-order valence-corrected chi connectivity index (χ2v) is 2.52. The van der Waals surface area contributed by atoms with Crippen molar-refractivity contribution in [1.82, 2.24) is 5.32 Å². The van der Waals surface area contributed by atoms with E-state index in [0.29, 0.717) is 0 Å². The van der Waals surface area contributed by atoms with Gasteiger partial charge in [-0.3, -0.25) is 0 Å². The van der Waals surface area contributed by atoms with Gasteiger partial charge in [-0.05, 0) is 18.7 Å². The molecule has 1 aromatic carbocycles. The molecule has 0 unspecified atom stereocenters. The minimum atomic E-state index is 0.734. The molecule has 1 N–H and O–H groups in total. The van der Waals surface area contributed by atoms with Crippen molar-refractivity contribution in [2.24, 2.45) is 0 Å². The maximum absolute atomic E-state index is 5.45. The van der Waals surface area contributed by atoms with Crippen LogP contribution in [-0.2, 0) is 0 Å². The quantitative estimate of drug-likeness (QED) is 0.670. The predicted octanol–water partition coefficient (Wildman–Crippen LogP) is 1.67. The Morgan fingerprint density at radius 1 is 1.25 bits per heavy atom. The zero-order valence-electron chi connectivity index (χ0n) is 7.42. The Morgan fingerprint density at radius 3 is 2.67 bits per heavy atom. The van der Waals surface area contributed by atoms with Gasteiger partial charge in [0, 0.05) is 6.54 Å². The summed E-state index contributed by atoms with van der Waals surface area (Å²) in [7, 11) is 0. The fourth-order valence-corrected chi connectivity index (χ4v) is 0.935. The Kier molecular flexibility index (Phi) is 4.24. The zero-order chi connectivity index (χ0) is 8.65. The number of para-hydroxylation sites is 1. The monoisotopic (exact) mass is 165 g/mol. The van der Waals surface area contributed by atoms with Crippen LogP contribution in [0.15, 0.2) is 30.3 Å². The van der Waals surface area contributed by atoms with Gasteiger partial charge in [-0.1, -0.05) is 25.1 Å². The molecule has 0 fully saturated rings. The van der Waals surface area contributed by atoms with E-state index in [0.717, 1.165) is 25.4 Å². The largest absolute Gasteiger partial charge is 0.492 e. The molecule has 0 atom stereocenters. The molecule has 0 spiro atoms. The van der Waals surface area contributed by atoms with E-state index >= 15 is 0 Å². The summed E-state index contributed by atoms with van der Waals surface area (Å²) in [5.41, 5.74) is 0. The molecule has 0 aliphatic carbocycles. The lowest BCUT2D eigenvalue weighted by Gasteiger charge is -2.05. The van der Waals surface area contributed by atoms with E-state index in [-0.39, 0.29) is 0 Å². The Labute approximate surface area is 73.6 Å². The van der Waals surface area contributed by atoms with Gasteiger partial charge < -0.3 is 10.1 Å². The highest BCUT2D eigenvalue weighted by molar-refractivity contribution is 5.20. The molecule has 0 aliphatic heterocycles. The first-order valence-corrected chi connectivity index (χ1v) is 4.32. The van der Waals surface area contributed by atoms with E-state index in [2.05, 4.69) is 12.2 Å². The fraction of sp³-hybridized carbons (Fsp3) is 0.400. The molecule has 0 saturated heterocycles. The van der Waals surface area contributed by atoms with Crippen molar-refractivity contribution in [2.75, 3.05) is 19.7 Å². The molecule has 0 bridgehead atoms. The van der Waals surface area contributed by atoms with Crippen molar-refractivity contribution in [2.45, 2.75) is 6.92 Å². The highest BCUT2D eigenvalue weighted by atomic mass is 16.5. The van der Waals surface area contributed by atoms with Crippen molar-refractivity contribution in [3.63, 3.8) is 0 Å². The van der Waals surface area contributed by atoms with E-state index in [9.17, 15) is 0 Å². The Bertz CT molecular complexity index is 198. The average Bonchev–Trinajstić information content (AvgIpc) is 2.14. The first-order chi connectivity index (χ1) is 5.93. The molecular weight excluding hydrogens is 150 g/mol. The van der Waals surface area contributed by atoms with Crippen molar-refractivity contribution < 1.29 is 4.74 Å². The molecule has 1 rings (SSSR count). The lowest BCUT2D eigenvalue weighted by atomic mass is 10.3. The third-order valence-corrected chi connectivity index (χ3v) is 1.54. The third-order valence-electron chi connectivity index (χ3n) is 1.54. The first-order valence-electron chi connectivity index (χ1n) is 4.32. The van der Waals surface area contributed by atoms with Crippen molar-refractivity contribution >= 4 is 0 Å². The minimum absolute atomic E-state index is 0.734. The molecule has 0 radical (unpaired) electrons. The van der Waals surface area contributed by atoms with Crippen LogP contribution in [0.2, 0.25) is 0 Å². The first kappa shape index (κ1) is 9.07. The van der Waals surface area contributed by atoms with Crippen LogP contribution < -0.4 is 10.1 Å². The number of nitrogens with one attached hydrogen (secondary N) is 1. The molecule has 1 aromatic rings. The van der Waals surface area contributed by atoms with Crippen LogP contribution in [0.1, 0.15) is 6.92 Å². The van der Waals surface area contributed by atoms with Gasteiger partial charge in [-0.2, -0.15) is 0 Å². The maximum atomic E-state index is 5.45. The molecule has 0 saturated carbocycles. The van der Waals surface area contributed by atoms with E-state index in [1.807, 2.05) is 30.3 Å².